The Balaban J connectivity index is 2.97. The van der Waals surface area contributed by atoms with Crippen molar-refractivity contribution in [3.8, 4) is 6.07 Å². The van der Waals surface area contributed by atoms with Crippen LogP contribution in [0, 0.1) is 11.3 Å². The molecule has 0 heterocycles. The van der Waals surface area contributed by atoms with Crippen LogP contribution in [0.25, 0.3) is 0 Å². The molecule has 0 aliphatic rings. The largest absolute Gasteiger partial charge is 0.396 e. The van der Waals surface area contributed by atoms with Gasteiger partial charge >= 0.3 is 0 Å². The van der Waals surface area contributed by atoms with Gasteiger partial charge in [-0.15, -0.1) is 0 Å². The van der Waals surface area contributed by atoms with Crippen LogP contribution in [-0.2, 0) is 0 Å². The van der Waals surface area contributed by atoms with Crippen LogP contribution in [0.4, 0.5) is 0 Å². The second-order valence-corrected chi connectivity index (χ2v) is 1.70. The SMILES string of the molecule is N#CC/C=C\CCCO. The Morgan fingerprint density at radius 2 is 2.22 bits per heavy atom. The molecule has 0 aromatic rings. The molecule has 0 spiro atoms. The molecule has 0 aliphatic heterocycles. The Kier molecular flexibility index (Phi) is 6.54. The Bertz CT molecular complexity index is 113. The van der Waals surface area contributed by atoms with Crippen molar-refractivity contribution >= 4 is 0 Å². The van der Waals surface area contributed by atoms with E-state index in [1.807, 2.05) is 18.2 Å². The standard InChI is InChI=1S/C7H11NO/c8-6-4-2-1-3-5-7-9/h1-2,9H,3-5,7H2/b2-1-. The predicted molar refractivity (Wildman–Crippen MR) is 35.7 cm³/mol. The van der Waals surface area contributed by atoms with Gasteiger partial charge in [-0.1, -0.05) is 12.2 Å². The minimum Gasteiger partial charge on any atom is -0.396 e. The fourth-order valence-electron chi connectivity index (χ4n) is 0.463. The first-order valence-electron chi connectivity index (χ1n) is 3.04. The third kappa shape index (κ3) is 7.19. The number of aliphatic hydroxyl groups excluding tert-OH is 1. The third-order valence-electron chi connectivity index (χ3n) is 0.905. The second kappa shape index (κ2) is 7.19. The van der Waals surface area contributed by atoms with E-state index in [2.05, 4.69) is 0 Å². The number of hydrogen-bond donors (Lipinski definition) is 1. The van der Waals surface area contributed by atoms with E-state index >= 15 is 0 Å². The van der Waals surface area contributed by atoms with Gasteiger partial charge in [0.15, 0.2) is 0 Å². The van der Waals surface area contributed by atoms with Crippen molar-refractivity contribution in [2.45, 2.75) is 19.3 Å². The Hall–Kier alpha value is -0.810. The molecule has 0 aromatic heterocycles. The summed E-state index contributed by atoms with van der Waals surface area (Å²) in [6, 6.07) is 2.00. The summed E-state index contributed by atoms with van der Waals surface area (Å²) < 4.78 is 0. The Labute approximate surface area is 55.4 Å². The van der Waals surface area contributed by atoms with Crippen molar-refractivity contribution < 1.29 is 5.11 Å². The molecule has 0 unspecified atom stereocenters. The average molecular weight is 125 g/mol. The number of aliphatic hydroxyl groups is 1. The highest BCUT2D eigenvalue weighted by molar-refractivity contribution is 4.90. The first-order valence-corrected chi connectivity index (χ1v) is 3.04. The molecule has 1 N–H and O–H groups in total. The van der Waals surface area contributed by atoms with Gasteiger partial charge in [-0.05, 0) is 12.8 Å². The van der Waals surface area contributed by atoms with Crippen molar-refractivity contribution in [3.05, 3.63) is 12.2 Å². The van der Waals surface area contributed by atoms with Crippen LogP contribution >= 0.6 is 0 Å². The van der Waals surface area contributed by atoms with Gasteiger partial charge in [-0.3, -0.25) is 0 Å². The van der Waals surface area contributed by atoms with Gasteiger partial charge in [0, 0.05) is 6.61 Å². The van der Waals surface area contributed by atoms with Gasteiger partial charge in [0.2, 0.25) is 0 Å². The zero-order valence-corrected chi connectivity index (χ0v) is 5.38. The molecule has 2 heteroatoms. The fraction of sp³-hybridized carbons (Fsp3) is 0.571. The molecule has 0 saturated heterocycles. The summed E-state index contributed by atoms with van der Waals surface area (Å²) in [6.07, 6.45) is 5.88. The fourth-order valence-corrected chi connectivity index (χ4v) is 0.463. The normalized spacial score (nSPS) is 9.78. The van der Waals surface area contributed by atoms with Crippen molar-refractivity contribution in [2.75, 3.05) is 6.61 Å². The predicted octanol–water partition coefficient (Wildman–Crippen LogP) is 1.23. The molecule has 0 radical (unpaired) electrons. The molecule has 2 nitrogen and oxygen atoms in total. The second-order valence-electron chi connectivity index (χ2n) is 1.70. The quantitative estimate of drug-likeness (QED) is 0.453. The molecule has 0 fully saturated rings. The zero-order chi connectivity index (χ0) is 6.95. The lowest BCUT2D eigenvalue weighted by Crippen LogP contribution is -1.77. The maximum atomic E-state index is 8.32. The van der Waals surface area contributed by atoms with Crippen molar-refractivity contribution in [3.63, 3.8) is 0 Å². The summed E-state index contributed by atoms with van der Waals surface area (Å²) in [6.45, 7) is 0.233. The Morgan fingerprint density at radius 3 is 2.78 bits per heavy atom. The molecule has 0 saturated carbocycles. The van der Waals surface area contributed by atoms with Crippen molar-refractivity contribution in [2.24, 2.45) is 0 Å². The molecule has 0 aromatic carbocycles. The van der Waals surface area contributed by atoms with E-state index in [-0.39, 0.29) is 6.61 Å². The van der Waals surface area contributed by atoms with Gasteiger partial charge < -0.3 is 5.11 Å². The summed E-state index contributed by atoms with van der Waals surface area (Å²) in [5, 5.41) is 16.4. The van der Waals surface area contributed by atoms with E-state index in [1.165, 1.54) is 0 Å². The maximum Gasteiger partial charge on any atom is 0.0663 e. The van der Waals surface area contributed by atoms with Gasteiger partial charge in [-0.25, -0.2) is 0 Å². The highest BCUT2D eigenvalue weighted by atomic mass is 16.2. The van der Waals surface area contributed by atoms with E-state index in [9.17, 15) is 0 Å². The van der Waals surface area contributed by atoms with Crippen LogP contribution < -0.4 is 0 Å². The van der Waals surface area contributed by atoms with Crippen LogP contribution in [0.1, 0.15) is 19.3 Å². The summed E-state index contributed by atoms with van der Waals surface area (Å²) in [4.78, 5) is 0. The molecular weight excluding hydrogens is 114 g/mol. The molecule has 9 heavy (non-hydrogen) atoms. The lowest BCUT2D eigenvalue weighted by Gasteiger charge is -1.84. The van der Waals surface area contributed by atoms with E-state index < -0.39 is 0 Å². The molecule has 0 bridgehead atoms. The highest BCUT2D eigenvalue weighted by Gasteiger charge is 1.76. The molecule has 0 atom stereocenters. The average Bonchev–Trinajstić information content (AvgIpc) is 1.89. The number of unbranched alkanes of at least 4 members (excludes halogenated alkanes) is 1. The van der Waals surface area contributed by atoms with Gasteiger partial charge in [0.25, 0.3) is 0 Å². The number of allylic oxidation sites excluding steroid dienone is 2. The van der Waals surface area contributed by atoms with E-state index in [0.29, 0.717) is 6.42 Å². The van der Waals surface area contributed by atoms with Crippen LogP contribution in [0.5, 0.6) is 0 Å². The molecule has 0 rings (SSSR count). The van der Waals surface area contributed by atoms with Crippen molar-refractivity contribution in [1.29, 1.82) is 5.26 Å². The summed E-state index contributed by atoms with van der Waals surface area (Å²) in [7, 11) is 0. The van der Waals surface area contributed by atoms with Crippen LogP contribution in [0.15, 0.2) is 12.2 Å². The number of hydrogen-bond acceptors (Lipinski definition) is 2. The van der Waals surface area contributed by atoms with E-state index in [0.717, 1.165) is 12.8 Å². The summed E-state index contributed by atoms with van der Waals surface area (Å²) >= 11 is 0. The maximum absolute atomic E-state index is 8.32. The van der Waals surface area contributed by atoms with Crippen molar-refractivity contribution in [1.82, 2.24) is 0 Å². The van der Waals surface area contributed by atoms with Crippen LogP contribution in [0.3, 0.4) is 0 Å². The topological polar surface area (TPSA) is 44.0 Å². The van der Waals surface area contributed by atoms with E-state index in [1.54, 1.807) is 0 Å². The first kappa shape index (κ1) is 8.19. The Morgan fingerprint density at radius 1 is 1.44 bits per heavy atom. The van der Waals surface area contributed by atoms with Gasteiger partial charge in [0.05, 0.1) is 12.5 Å². The molecule has 50 valence electrons. The van der Waals surface area contributed by atoms with Gasteiger partial charge in [0.1, 0.15) is 0 Å². The lowest BCUT2D eigenvalue weighted by atomic mass is 10.3. The van der Waals surface area contributed by atoms with Crippen LogP contribution in [-0.4, -0.2) is 11.7 Å². The highest BCUT2D eigenvalue weighted by Crippen LogP contribution is 1.89. The lowest BCUT2D eigenvalue weighted by molar-refractivity contribution is 0.289. The molecular formula is C7H11NO. The first-order chi connectivity index (χ1) is 4.41. The van der Waals surface area contributed by atoms with E-state index in [4.69, 9.17) is 10.4 Å². The zero-order valence-electron chi connectivity index (χ0n) is 5.38. The summed E-state index contributed by atoms with van der Waals surface area (Å²) in [5.74, 6) is 0. The molecule has 0 aliphatic carbocycles. The number of rotatable bonds is 4. The third-order valence-corrected chi connectivity index (χ3v) is 0.905. The van der Waals surface area contributed by atoms with Crippen LogP contribution in [0.2, 0.25) is 0 Å². The summed E-state index contributed by atoms with van der Waals surface area (Å²) in [5.41, 5.74) is 0. The smallest absolute Gasteiger partial charge is 0.0663 e. The monoisotopic (exact) mass is 125 g/mol. The minimum atomic E-state index is 0.233. The van der Waals surface area contributed by atoms with Gasteiger partial charge in [-0.2, -0.15) is 5.26 Å². The molecule has 0 amide bonds. The number of nitriles is 1. The number of nitrogens with zero attached hydrogens (tertiary/aromatic N) is 1. The minimum absolute atomic E-state index is 0.233.